The van der Waals surface area contributed by atoms with E-state index in [1.165, 1.54) is 0 Å². The molecule has 1 rings (SSSR count). The fourth-order valence-electron chi connectivity index (χ4n) is 1.87. The average molecular weight is 319 g/mol. The van der Waals surface area contributed by atoms with Crippen LogP contribution in [0.4, 0.5) is 0 Å². The molecule has 0 aromatic rings. The summed E-state index contributed by atoms with van der Waals surface area (Å²) in [6.07, 6.45) is 0.219. The van der Waals surface area contributed by atoms with Crippen LogP contribution in [-0.4, -0.2) is 80.4 Å². The number of rotatable bonds is 10. The van der Waals surface area contributed by atoms with E-state index in [1.54, 1.807) is 0 Å². The van der Waals surface area contributed by atoms with E-state index in [4.69, 9.17) is 14.6 Å². The first kappa shape index (κ1) is 18.8. The first-order valence-corrected chi connectivity index (χ1v) is 7.39. The summed E-state index contributed by atoms with van der Waals surface area (Å²) in [5.41, 5.74) is 0. The van der Waals surface area contributed by atoms with Gasteiger partial charge in [-0.3, -0.25) is 14.9 Å². The topological polar surface area (TPSA) is 129 Å². The minimum Gasteiger partial charge on any atom is -0.395 e. The van der Waals surface area contributed by atoms with Crippen molar-refractivity contribution in [2.45, 2.75) is 25.2 Å². The Bertz CT molecular complexity index is 342. The van der Waals surface area contributed by atoms with Gasteiger partial charge in [-0.2, -0.15) is 0 Å². The largest absolute Gasteiger partial charge is 0.395 e. The molecule has 9 heteroatoms. The van der Waals surface area contributed by atoms with Crippen molar-refractivity contribution in [3.8, 4) is 0 Å². The lowest BCUT2D eigenvalue weighted by Crippen LogP contribution is -2.42. The molecule has 0 bridgehead atoms. The van der Waals surface area contributed by atoms with Crippen LogP contribution in [0.3, 0.4) is 0 Å². The molecule has 0 aliphatic carbocycles. The van der Waals surface area contributed by atoms with E-state index < -0.39 is 12.4 Å². The molecule has 0 radical (unpaired) electrons. The Labute approximate surface area is 129 Å². The number of aliphatic hydroxyl groups is 2. The van der Waals surface area contributed by atoms with Crippen LogP contribution in [0.2, 0.25) is 0 Å². The Morgan fingerprint density at radius 3 is 2.50 bits per heavy atom. The molecular weight excluding hydrogens is 294 g/mol. The van der Waals surface area contributed by atoms with Gasteiger partial charge in [0.25, 0.3) is 0 Å². The first-order chi connectivity index (χ1) is 10.6. The summed E-state index contributed by atoms with van der Waals surface area (Å²) in [6, 6.07) is 0. The van der Waals surface area contributed by atoms with E-state index in [2.05, 4.69) is 16.0 Å². The second-order valence-corrected chi connectivity index (χ2v) is 4.85. The van der Waals surface area contributed by atoms with Gasteiger partial charge in [-0.15, -0.1) is 0 Å². The highest BCUT2D eigenvalue weighted by molar-refractivity contribution is 5.81. The Kier molecular flexibility index (Phi) is 9.67. The third kappa shape index (κ3) is 8.25. The smallest absolute Gasteiger partial charge is 0.234 e. The lowest BCUT2D eigenvalue weighted by atomic mass is 10.1. The Morgan fingerprint density at radius 2 is 1.86 bits per heavy atom. The molecule has 1 aliphatic rings. The van der Waals surface area contributed by atoms with E-state index in [1.807, 2.05) is 0 Å². The lowest BCUT2D eigenvalue weighted by Gasteiger charge is -2.27. The van der Waals surface area contributed by atoms with Crippen LogP contribution in [0.5, 0.6) is 0 Å². The SMILES string of the molecule is O=C(CNCC(=O)NCCOC1OCCCC1O)NCCO. The van der Waals surface area contributed by atoms with Crippen molar-refractivity contribution in [2.24, 2.45) is 0 Å². The van der Waals surface area contributed by atoms with Crippen LogP contribution in [-0.2, 0) is 19.1 Å². The molecular formula is C13H25N3O6. The molecule has 0 saturated carbocycles. The van der Waals surface area contributed by atoms with Crippen LogP contribution < -0.4 is 16.0 Å². The predicted octanol–water partition coefficient (Wildman–Crippen LogP) is -2.69. The van der Waals surface area contributed by atoms with Gasteiger partial charge < -0.3 is 30.3 Å². The molecule has 2 atom stereocenters. The minimum atomic E-state index is -0.626. The number of carbonyl (C=O) groups is 2. The molecule has 5 N–H and O–H groups in total. The normalized spacial score (nSPS) is 21.4. The molecule has 1 saturated heterocycles. The zero-order chi connectivity index (χ0) is 16.2. The number of aliphatic hydroxyl groups excluding tert-OH is 2. The molecule has 9 nitrogen and oxygen atoms in total. The highest BCUT2D eigenvalue weighted by Crippen LogP contribution is 2.14. The molecule has 0 aromatic carbocycles. The van der Waals surface area contributed by atoms with Gasteiger partial charge in [0.15, 0.2) is 6.29 Å². The molecule has 1 fully saturated rings. The maximum atomic E-state index is 11.5. The molecule has 2 amide bonds. The van der Waals surface area contributed by atoms with Crippen molar-refractivity contribution in [2.75, 3.05) is 46.0 Å². The molecule has 128 valence electrons. The predicted molar refractivity (Wildman–Crippen MR) is 76.9 cm³/mol. The summed E-state index contributed by atoms with van der Waals surface area (Å²) in [5, 5.41) is 25.9. The molecule has 1 aliphatic heterocycles. The molecule has 0 spiro atoms. The second kappa shape index (κ2) is 11.3. The van der Waals surface area contributed by atoms with Crippen molar-refractivity contribution in [1.29, 1.82) is 0 Å². The van der Waals surface area contributed by atoms with Crippen molar-refractivity contribution in [3.05, 3.63) is 0 Å². The standard InChI is InChI=1S/C13H25N3O6/c17-5-3-15-11(19)8-14-9-12(20)16-4-7-22-13-10(18)2-1-6-21-13/h10,13-14,17-18H,1-9H2,(H,15,19)(H,16,20). The van der Waals surface area contributed by atoms with E-state index >= 15 is 0 Å². The summed E-state index contributed by atoms with van der Waals surface area (Å²) in [5.74, 6) is -0.544. The van der Waals surface area contributed by atoms with E-state index in [9.17, 15) is 14.7 Å². The fourth-order valence-corrected chi connectivity index (χ4v) is 1.87. The van der Waals surface area contributed by atoms with Gasteiger partial charge in [0.2, 0.25) is 11.8 Å². The maximum Gasteiger partial charge on any atom is 0.234 e. The van der Waals surface area contributed by atoms with Crippen molar-refractivity contribution >= 4 is 11.8 Å². The van der Waals surface area contributed by atoms with Crippen molar-refractivity contribution in [3.63, 3.8) is 0 Å². The van der Waals surface area contributed by atoms with Crippen LogP contribution in [0, 0.1) is 0 Å². The number of carbonyl (C=O) groups excluding carboxylic acids is 2. The fraction of sp³-hybridized carbons (Fsp3) is 0.846. The molecule has 22 heavy (non-hydrogen) atoms. The Balaban J connectivity index is 1.98. The van der Waals surface area contributed by atoms with E-state index in [-0.39, 0.29) is 44.7 Å². The number of amides is 2. The Hall–Kier alpha value is -1.26. The monoisotopic (exact) mass is 319 g/mol. The molecule has 2 unspecified atom stereocenters. The zero-order valence-electron chi connectivity index (χ0n) is 12.5. The van der Waals surface area contributed by atoms with Crippen molar-refractivity contribution < 1.29 is 29.3 Å². The van der Waals surface area contributed by atoms with Gasteiger partial charge in [0.05, 0.1) is 26.3 Å². The van der Waals surface area contributed by atoms with Gasteiger partial charge in [0, 0.05) is 19.7 Å². The van der Waals surface area contributed by atoms with Gasteiger partial charge in [-0.05, 0) is 12.8 Å². The maximum absolute atomic E-state index is 11.5. The highest BCUT2D eigenvalue weighted by Gasteiger charge is 2.24. The second-order valence-electron chi connectivity index (χ2n) is 4.85. The van der Waals surface area contributed by atoms with Crippen LogP contribution in [0.25, 0.3) is 0 Å². The number of hydrogen-bond donors (Lipinski definition) is 5. The molecule has 1 heterocycles. The summed E-state index contributed by atoms with van der Waals surface area (Å²) in [6.45, 7) is 1.19. The highest BCUT2D eigenvalue weighted by atomic mass is 16.7. The Morgan fingerprint density at radius 1 is 1.18 bits per heavy atom. The molecule has 0 aromatic heterocycles. The van der Waals surface area contributed by atoms with Crippen molar-refractivity contribution in [1.82, 2.24) is 16.0 Å². The summed E-state index contributed by atoms with van der Waals surface area (Å²) >= 11 is 0. The third-order valence-corrected chi connectivity index (χ3v) is 2.95. The first-order valence-electron chi connectivity index (χ1n) is 7.39. The quantitative estimate of drug-likeness (QED) is 0.277. The number of ether oxygens (including phenoxy) is 2. The minimum absolute atomic E-state index is 0.00598. The lowest BCUT2D eigenvalue weighted by molar-refractivity contribution is -0.213. The van der Waals surface area contributed by atoms with Gasteiger partial charge in [0.1, 0.15) is 6.10 Å². The summed E-state index contributed by atoms with van der Waals surface area (Å²) in [7, 11) is 0. The third-order valence-electron chi connectivity index (χ3n) is 2.95. The summed E-state index contributed by atoms with van der Waals surface area (Å²) < 4.78 is 10.6. The number of hydrogen-bond acceptors (Lipinski definition) is 7. The number of nitrogens with one attached hydrogen (secondary N) is 3. The van der Waals surface area contributed by atoms with Gasteiger partial charge in [-0.25, -0.2) is 0 Å². The van der Waals surface area contributed by atoms with Gasteiger partial charge in [-0.1, -0.05) is 0 Å². The summed E-state index contributed by atoms with van der Waals surface area (Å²) in [4.78, 5) is 22.6. The average Bonchev–Trinajstić information content (AvgIpc) is 2.51. The van der Waals surface area contributed by atoms with E-state index in [0.29, 0.717) is 19.6 Å². The van der Waals surface area contributed by atoms with Crippen LogP contribution in [0.1, 0.15) is 12.8 Å². The van der Waals surface area contributed by atoms with E-state index in [0.717, 1.165) is 6.42 Å². The van der Waals surface area contributed by atoms with Crippen LogP contribution >= 0.6 is 0 Å². The van der Waals surface area contributed by atoms with Gasteiger partial charge >= 0.3 is 0 Å². The zero-order valence-corrected chi connectivity index (χ0v) is 12.5. The van der Waals surface area contributed by atoms with Crippen LogP contribution in [0.15, 0.2) is 0 Å².